The minimum atomic E-state index is -0.893. The lowest BCUT2D eigenvalue weighted by molar-refractivity contribution is -0.758. The monoisotopic (exact) mass is 523 g/mol. The molecule has 37 heavy (non-hydrogen) atoms. The van der Waals surface area contributed by atoms with Gasteiger partial charge in [-0.05, 0) is 68.8 Å². The third-order valence-electron chi connectivity index (χ3n) is 6.71. The molecule has 1 aliphatic carbocycles. The Balaban J connectivity index is 1.57. The quantitative estimate of drug-likeness (QED) is 0.0818. The molecular formula is C27H41NO9. The van der Waals surface area contributed by atoms with Crippen molar-refractivity contribution >= 4 is 5.97 Å². The van der Waals surface area contributed by atoms with Gasteiger partial charge < -0.3 is 29.6 Å². The Morgan fingerprint density at radius 3 is 2.54 bits per heavy atom. The standard InChI is InChI=1S/C27H41NO9/c29-22(13-12-21-8-4-3-5-9-21)14-15-24-23(25(30)20-26(24)31)10-6-1-2-7-11-27(32)36-18-16-35-17-19-37-28(33)34/h1,3-6,8-9,22-26,29-31H,2,7,10-20H2/b6-1-/t22-,23+,24+,25-,26+/m0/s1. The van der Waals surface area contributed by atoms with Crippen LogP contribution in [0, 0.1) is 22.0 Å². The van der Waals surface area contributed by atoms with Crippen molar-refractivity contribution in [2.45, 2.75) is 76.1 Å². The predicted octanol–water partition coefficient (Wildman–Crippen LogP) is 3.00. The molecule has 3 N–H and O–H groups in total. The molecule has 0 radical (unpaired) electrons. The van der Waals surface area contributed by atoms with E-state index < -0.39 is 23.4 Å². The number of benzene rings is 1. The largest absolute Gasteiger partial charge is 0.463 e. The fourth-order valence-electron chi connectivity index (χ4n) is 4.71. The number of unbranched alkanes of at least 4 members (excludes halogenated alkanes) is 1. The number of allylic oxidation sites excluding steroid dienone is 2. The number of rotatable bonds is 19. The van der Waals surface area contributed by atoms with E-state index >= 15 is 0 Å². The zero-order valence-corrected chi connectivity index (χ0v) is 21.4. The molecule has 0 saturated heterocycles. The molecule has 1 aromatic carbocycles. The van der Waals surface area contributed by atoms with Crippen LogP contribution >= 0.6 is 0 Å². The lowest BCUT2D eigenvalue weighted by atomic mass is 9.85. The lowest BCUT2D eigenvalue weighted by Crippen LogP contribution is -2.23. The number of nitrogens with zero attached hydrogens (tertiary/aromatic N) is 1. The smallest absolute Gasteiger partial charge is 0.305 e. The molecule has 0 bridgehead atoms. The van der Waals surface area contributed by atoms with Gasteiger partial charge in [-0.25, -0.2) is 0 Å². The third kappa shape index (κ3) is 13.0. The van der Waals surface area contributed by atoms with Gasteiger partial charge in [-0.15, -0.1) is 10.1 Å². The van der Waals surface area contributed by atoms with E-state index in [-0.39, 0.29) is 50.7 Å². The summed E-state index contributed by atoms with van der Waals surface area (Å²) in [5, 5.41) is 40.4. The summed E-state index contributed by atoms with van der Waals surface area (Å²) in [5.74, 6) is -0.429. The van der Waals surface area contributed by atoms with E-state index in [0.717, 1.165) is 6.42 Å². The van der Waals surface area contributed by atoms with Crippen LogP contribution in [0.1, 0.15) is 56.9 Å². The number of hydrogen-bond donors (Lipinski definition) is 3. The molecule has 5 atom stereocenters. The number of aliphatic hydroxyl groups excluding tert-OH is 3. The van der Waals surface area contributed by atoms with Crippen LogP contribution in [0.4, 0.5) is 0 Å². The van der Waals surface area contributed by atoms with Crippen molar-refractivity contribution in [3.8, 4) is 0 Å². The van der Waals surface area contributed by atoms with Gasteiger partial charge in [0.2, 0.25) is 0 Å². The fourth-order valence-corrected chi connectivity index (χ4v) is 4.71. The highest BCUT2D eigenvalue weighted by Crippen LogP contribution is 2.38. The van der Waals surface area contributed by atoms with E-state index in [2.05, 4.69) is 4.84 Å². The van der Waals surface area contributed by atoms with Crippen LogP contribution in [0.5, 0.6) is 0 Å². The molecule has 208 valence electrons. The molecule has 0 aromatic heterocycles. The van der Waals surface area contributed by atoms with Crippen molar-refractivity contribution in [2.75, 3.05) is 26.4 Å². The Morgan fingerprint density at radius 2 is 1.78 bits per heavy atom. The first-order valence-corrected chi connectivity index (χ1v) is 13.1. The van der Waals surface area contributed by atoms with Crippen molar-refractivity contribution < 1.29 is 39.5 Å². The van der Waals surface area contributed by atoms with Crippen LogP contribution in [-0.4, -0.2) is 71.1 Å². The molecule has 0 unspecified atom stereocenters. The van der Waals surface area contributed by atoms with Gasteiger partial charge in [0.25, 0.3) is 5.09 Å². The number of aliphatic hydroxyl groups is 3. The van der Waals surface area contributed by atoms with Gasteiger partial charge in [0.05, 0.1) is 31.5 Å². The fraction of sp³-hybridized carbons (Fsp3) is 0.667. The summed E-state index contributed by atoms with van der Waals surface area (Å²) in [7, 11) is 0. The van der Waals surface area contributed by atoms with Gasteiger partial charge >= 0.3 is 5.97 Å². The Labute approximate surface area is 218 Å². The number of aryl methyl sites for hydroxylation is 1. The first-order valence-electron chi connectivity index (χ1n) is 13.1. The van der Waals surface area contributed by atoms with E-state index in [0.29, 0.717) is 44.9 Å². The van der Waals surface area contributed by atoms with Crippen LogP contribution in [-0.2, 0) is 25.5 Å². The zero-order valence-electron chi connectivity index (χ0n) is 21.4. The van der Waals surface area contributed by atoms with Crippen LogP contribution in [0.2, 0.25) is 0 Å². The van der Waals surface area contributed by atoms with Crippen LogP contribution < -0.4 is 0 Å². The minimum absolute atomic E-state index is 0.0469. The maximum absolute atomic E-state index is 11.7. The molecule has 0 spiro atoms. The lowest BCUT2D eigenvalue weighted by Gasteiger charge is -2.23. The average Bonchev–Trinajstić information content (AvgIpc) is 3.15. The first-order chi connectivity index (χ1) is 17.9. The summed E-state index contributed by atoms with van der Waals surface area (Å²) in [4.78, 5) is 25.8. The highest BCUT2D eigenvalue weighted by Gasteiger charge is 2.40. The van der Waals surface area contributed by atoms with Crippen LogP contribution in [0.25, 0.3) is 0 Å². The molecule has 0 heterocycles. The molecule has 1 fully saturated rings. The van der Waals surface area contributed by atoms with Gasteiger partial charge in [0, 0.05) is 6.42 Å². The van der Waals surface area contributed by atoms with E-state index in [9.17, 15) is 30.2 Å². The van der Waals surface area contributed by atoms with Crippen molar-refractivity contribution in [1.82, 2.24) is 0 Å². The zero-order chi connectivity index (χ0) is 26.9. The van der Waals surface area contributed by atoms with Gasteiger partial charge in [-0.1, -0.05) is 42.5 Å². The number of ether oxygens (including phenoxy) is 2. The summed E-state index contributed by atoms with van der Waals surface area (Å²) in [6.45, 7) is 0.109. The summed E-state index contributed by atoms with van der Waals surface area (Å²) in [6, 6.07) is 10.0. The SMILES string of the molecule is O=C(CCC/C=C\C[C@@H]1[C@@H](CC[C@@H](O)CCc2ccccc2)[C@H](O)C[C@@H]1O)OCCOCCO[N+](=O)[O-]. The molecule has 1 saturated carbocycles. The second kappa shape index (κ2) is 17.8. The Morgan fingerprint density at radius 1 is 1.05 bits per heavy atom. The number of carbonyl (C=O) groups is 1. The molecule has 1 aliphatic rings. The number of hydrogen-bond acceptors (Lipinski definition) is 9. The summed E-state index contributed by atoms with van der Waals surface area (Å²) < 4.78 is 10.1. The van der Waals surface area contributed by atoms with Crippen molar-refractivity contribution in [1.29, 1.82) is 0 Å². The summed E-state index contributed by atoms with van der Waals surface area (Å²) >= 11 is 0. The highest BCUT2D eigenvalue weighted by molar-refractivity contribution is 5.69. The molecule has 10 nitrogen and oxygen atoms in total. The molecule has 1 aromatic rings. The van der Waals surface area contributed by atoms with E-state index in [1.54, 1.807) is 0 Å². The van der Waals surface area contributed by atoms with Gasteiger partial charge in [-0.2, -0.15) is 0 Å². The molecule has 2 rings (SSSR count). The predicted molar refractivity (Wildman–Crippen MR) is 136 cm³/mol. The molecular weight excluding hydrogens is 482 g/mol. The maximum Gasteiger partial charge on any atom is 0.305 e. The highest BCUT2D eigenvalue weighted by atomic mass is 17.0. The summed E-state index contributed by atoms with van der Waals surface area (Å²) in [5.41, 5.74) is 1.20. The van der Waals surface area contributed by atoms with Crippen LogP contribution in [0.15, 0.2) is 42.5 Å². The third-order valence-corrected chi connectivity index (χ3v) is 6.71. The van der Waals surface area contributed by atoms with Crippen molar-refractivity contribution in [2.24, 2.45) is 11.8 Å². The van der Waals surface area contributed by atoms with Crippen molar-refractivity contribution in [3.05, 3.63) is 58.2 Å². The Kier molecular flexibility index (Phi) is 14.8. The van der Waals surface area contributed by atoms with E-state index in [4.69, 9.17) is 9.47 Å². The maximum atomic E-state index is 11.7. The van der Waals surface area contributed by atoms with E-state index in [1.807, 2.05) is 42.5 Å². The molecule has 10 heteroatoms. The van der Waals surface area contributed by atoms with Gasteiger partial charge in [-0.3, -0.25) is 4.79 Å². The van der Waals surface area contributed by atoms with Crippen molar-refractivity contribution in [3.63, 3.8) is 0 Å². The topological polar surface area (TPSA) is 149 Å². The second-order valence-corrected chi connectivity index (χ2v) is 9.44. The van der Waals surface area contributed by atoms with Crippen LogP contribution in [0.3, 0.4) is 0 Å². The molecule has 0 aliphatic heterocycles. The summed E-state index contributed by atoms with van der Waals surface area (Å²) in [6.07, 6.45) is 7.77. The number of carbonyl (C=O) groups excluding carboxylic acids is 1. The normalized spacial score (nSPS) is 22.2. The first kappa shape index (κ1) is 30.7. The molecule has 0 amide bonds. The minimum Gasteiger partial charge on any atom is -0.463 e. The number of esters is 1. The Bertz CT molecular complexity index is 804. The Hall–Kier alpha value is -2.53. The second-order valence-electron chi connectivity index (χ2n) is 9.44. The van der Waals surface area contributed by atoms with Gasteiger partial charge in [0.1, 0.15) is 13.2 Å². The van der Waals surface area contributed by atoms with Gasteiger partial charge in [0.15, 0.2) is 0 Å². The van der Waals surface area contributed by atoms with E-state index in [1.165, 1.54) is 5.56 Å². The average molecular weight is 524 g/mol.